The van der Waals surface area contributed by atoms with Gasteiger partial charge in [0.1, 0.15) is 11.3 Å². The Kier molecular flexibility index (Phi) is 4.25. The summed E-state index contributed by atoms with van der Waals surface area (Å²) in [6, 6.07) is 0.532. The number of nitrogens with zero attached hydrogens (tertiary/aromatic N) is 4. The van der Waals surface area contributed by atoms with Gasteiger partial charge >= 0.3 is 0 Å². The van der Waals surface area contributed by atoms with Gasteiger partial charge in [-0.25, -0.2) is 4.98 Å². The summed E-state index contributed by atoms with van der Waals surface area (Å²) in [4.78, 5) is 4.87. The van der Waals surface area contributed by atoms with Crippen molar-refractivity contribution in [3.63, 3.8) is 0 Å². The van der Waals surface area contributed by atoms with E-state index in [9.17, 15) is 0 Å². The third kappa shape index (κ3) is 2.59. The molecule has 1 fully saturated rings. The number of aromatic nitrogens is 4. The fourth-order valence-corrected chi connectivity index (χ4v) is 3.76. The molecule has 3 rings (SSSR count). The third-order valence-electron chi connectivity index (χ3n) is 4.55. The molecule has 116 valence electrons. The van der Waals surface area contributed by atoms with Crippen LogP contribution in [0.1, 0.15) is 75.3 Å². The van der Waals surface area contributed by atoms with E-state index >= 15 is 0 Å². The highest BCUT2D eigenvalue weighted by atomic mass is 35.5. The van der Waals surface area contributed by atoms with E-state index in [0.717, 1.165) is 35.5 Å². The maximum atomic E-state index is 6.42. The van der Waals surface area contributed by atoms with Crippen molar-refractivity contribution in [1.82, 2.24) is 19.3 Å². The van der Waals surface area contributed by atoms with E-state index in [4.69, 9.17) is 16.6 Å². The smallest absolute Gasteiger partial charge is 0.158 e. The van der Waals surface area contributed by atoms with Crippen molar-refractivity contribution in [1.29, 1.82) is 0 Å². The fraction of sp³-hybridized carbons (Fsp3) is 0.750. The molecule has 21 heavy (non-hydrogen) atoms. The van der Waals surface area contributed by atoms with Gasteiger partial charge in [0.05, 0.1) is 11.1 Å². The second kappa shape index (κ2) is 5.99. The normalized spacial score (nSPS) is 18.5. The van der Waals surface area contributed by atoms with E-state index in [-0.39, 0.29) is 5.38 Å². The Balaban J connectivity index is 2.16. The first-order valence-electron chi connectivity index (χ1n) is 8.21. The van der Waals surface area contributed by atoms with Crippen LogP contribution < -0.4 is 0 Å². The molecule has 1 aliphatic rings. The van der Waals surface area contributed by atoms with Gasteiger partial charge in [0.15, 0.2) is 5.65 Å². The minimum Gasteiger partial charge on any atom is -0.309 e. The SMILES string of the molecule is CCCc1nn(C)c2c1nc(C(C)Cl)n2C1CCCCC1. The van der Waals surface area contributed by atoms with E-state index < -0.39 is 0 Å². The molecule has 0 spiro atoms. The van der Waals surface area contributed by atoms with Crippen molar-refractivity contribution in [2.45, 2.75) is 70.2 Å². The first-order valence-corrected chi connectivity index (χ1v) is 8.64. The van der Waals surface area contributed by atoms with Crippen LogP contribution in [0.2, 0.25) is 0 Å². The summed E-state index contributed by atoms with van der Waals surface area (Å²) in [5, 5.41) is 4.62. The summed E-state index contributed by atoms with van der Waals surface area (Å²) < 4.78 is 4.39. The van der Waals surface area contributed by atoms with Gasteiger partial charge in [0.2, 0.25) is 0 Å². The predicted octanol–water partition coefficient (Wildman–Crippen LogP) is 4.53. The molecule has 0 radical (unpaired) electrons. The maximum absolute atomic E-state index is 6.42. The van der Waals surface area contributed by atoms with Crippen LogP contribution in [-0.2, 0) is 13.5 Å². The van der Waals surface area contributed by atoms with Gasteiger partial charge in [0.25, 0.3) is 0 Å². The van der Waals surface area contributed by atoms with E-state index in [0.29, 0.717) is 6.04 Å². The molecule has 4 nitrogen and oxygen atoms in total. The van der Waals surface area contributed by atoms with E-state index in [1.54, 1.807) is 0 Å². The molecule has 5 heteroatoms. The van der Waals surface area contributed by atoms with Crippen molar-refractivity contribution >= 4 is 22.8 Å². The Bertz CT molecular complexity index is 620. The van der Waals surface area contributed by atoms with Crippen molar-refractivity contribution in [2.75, 3.05) is 0 Å². The molecule has 1 aliphatic carbocycles. The molecule has 1 saturated carbocycles. The molecule has 0 aromatic carbocycles. The zero-order chi connectivity index (χ0) is 15.0. The lowest BCUT2D eigenvalue weighted by atomic mass is 9.95. The third-order valence-corrected chi connectivity index (χ3v) is 4.74. The minimum atomic E-state index is -0.0613. The molecule has 2 aromatic rings. The van der Waals surface area contributed by atoms with Crippen LogP contribution >= 0.6 is 11.6 Å². The van der Waals surface area contributed by atoms with Crippen molar-refractivity contribution in [2.24, 2.45) is 7.05 Å². The average Bonchev–Trinajstić information content (AvgIpc) is 3.00. The van der Waals surface area contributed by atoms with Gasteiger partial charge in [0, 0.05) is 13.1 Å². The Morgan fingerprint density at radius 2 is 2.00 bits per heavy atom. The first kappa shape index (κ1) is 14.9. The highest BCUT2D eigenvalue weighted by molar-refractivity contribution is 6.20. The Morgan fingerprint density at radius 3 is 2.62 bits per heavy atom. The summed E-state index contributed by atoms with van der Waals surface area (Å²) in [6.45, 7) is 4.21. The summed E-state index contributed by atoms with van der Waals surface area (Å²) in [7, 11) is 2.03. The molecule has 0 amide bonds. The summed E-state index contributed by atoms with van der Waals surface area (Å²) in [5.74, 6) is 1.02. The lowest BCUT2D eigenvalue weighted by Gasteiger charge is -2.26. The van der Waals surface area contributed by atoms with Gasteiger partial charge < -0.3 is 4.57 Å². The fourth-order valence-electron chi connectivity index (χ4n) is 3.60. The molecule has 0 bridgehead atoms. The molecule has 1 atom stereocenters. The van der Waals surface area contributed by atoms with Crippen LogP contribution in [0.25, 0.3) is 11.2 Å². The largest absolute Gasteiger partial charge is 0.309 e. The number of aryl methyl sites for hydroxylation is 2. The van der Waals surface area contributed by atoms with Crippen LogP contribution in [0.4, 0.5) is 0 Å². The summed E-state index contributed by atoms with van der Waals surface area (Å²) >= 11 is 6.42. The number of halogens is 1. The number of hydrogen-bond donors (Lipinski definition) is 0. The van der Waals surface area contributed by atoms with E-state index in [2.05, 4.69) is 16.6 Å². The lowest BCUT2D eigenvalue weighted by Crippen LogP contribution is -2.17. The van der Waals surface area contributed by atoms with Gasteiger partial charge in [-0.05, 0) is 26.2 Å². The van der Waals surface area contributed by atoms with E-state index in [1.807, 2.05) is 18.7 Å². The highest BCUT2D eigenvalue weighted by Crippen LogP contribution is 2.36. The van der Waals surface area contributed by atoms with Crippen LogP contribution in [0.3, 0.4) is 0 Å². The Morgan fingerprint density at radius 1 is 1.29 bits per heavy atom. The van der Waals surface area contributed by atoms with E-state index in [1.165, 1.54) is 32.1 Å². The predicted molar refractivity (Wildman–Crippen MR) is 86.9 cm³/mol. The summed E-state index contributed by atoms with van der Waals surface area (Å²) in [5.41, 5.74) is 3.34. The zero-order valence-electron chi connectivity index (χ0n) is 13.3. The lowest BCUT2D eigenvalue weighted by molar-refractivity contribution is 0.349. The maximum Gasteiger partial charge on any atom is 0.158 e. The second-order valence-corrected chi connectivity index (χ2v) is 6.90. The standard InChI is InChI=1S/C16H25ClN4/c1-4-8-13-14-16(20(3)19-13)21(15(18-14)11(2)17)12-9-6-5-7-10-12/h11-12H,4-10H2,1-3H3. The highest BCUT2D eigenvalue weighted by Gasteiger charge is 2.27. The molecule has 1 unspecified atom stereocenters. The number of rotatable bonds is 4. The van der Waals surface area contributed by atoms with Gasteiger partial charge in [-0.1, -0.05) is 32.6 Å². The number of fused-ring (bicyclic) bond motifs is 1. The molecular weight excluding hydrogens is 284 g/mol. The van der Waals surface area contributed by atoms with Crippen LogP contribution in [-0.4, -0.2) is 19.3 Å². The number of imidazole rings is 1. The molecular formula is C16H25ClN4. The minimum absolute atomic E-state index is 0.0613. The van der Waals surface area contributed by atoms with Gasteiger partial charge in [-0.15, -0.1) is 11.6 Å². The number of hydrogen-bond acceptors (Lipinski definition) is 2. The van der Waals surface area contributed by atoms with Crippen molar-refractivity contribution in [3.8, 4) is 0 Å². The molecule has 0 aliphatic heterocycles. The summed E-state index contributed by atoms with van der Waals surface area (Å²) in [6.07, 6.45) is 8.50. The number of alkyl halides is 1. The van der Waals surface area contributed by atoms with Gasteiger partial charge in [-0.3, -0.25) is 4.68 Å². The van der Waals surface area contributed by atoms with Crippen molar-refractivity contribution in [3.05, 3.63) is 11.5 Å². The molecule has 0 N–H and O–H groups in total. The van der Waals surface area contributed by atoms with Gasteiger partial charge in [-0.2, -0.15) is 5.10 Å². The first-order chi connectivity index (χ1) is 10.1. The average molecular weight is 309 g/mol. The quantitative estimate of drug-likeness (QED) is 0.778. The second-order valence-electron chi connectivity index (χ2n) is 6.24. The Labute approximate surface area is 131 Å². The van der Waals surface area contributed by atoms with Crippen LogP contribution in [0.5, 0.6) is 0 Å². The molecule has 2 aromatic heterocycles. The van der Waals surface area contributed by atoms with Crippen molar-refractivity contribution < 1.29 is 0 Å². The molecule has 2 heterocycles. The molecule has 0 saturated heterocycles. The Hall–Kier alpha value is -1.03. The van der Waals surface area contributed by atoms with Crippen LogP contribution in [0, 0.1) is 0 Å². The topological polar surface area (TPSA) is 35.6 Å². The zero-order valence-corrected chi connectivity index (χ0v) is 14.0. The monoisotopic (exact) mass is 308 g/mol. The van der Waals surface area contributed by atoms with Crippen LogP contribution in [0.15, 0.2) is 0 Å².